The molecule has 1 aromatic carbocycles. The van der Waals surface area contributed by atoms with E-state index in [1.165, 1.54) is 12.8 Å². The van der Waals surface area contributed by atoms with Gasteiger partial charge in [-0.25, -0.2) is 18.0 Å². The summed E-state index contributed by atoms with van der Waals surface area (Å²) in [5.74, 6) is -2.62. The zero-order valence-corrected chi connectivity index (χ0v) is 18.6. The highest BCUT2D eigenvalue weighted by molar-refractivity contribution is 5.93. The maximum atomic E-state index is 14.8. The third kappa shape index (κ3) is 7.51. The summed E-state index contributed by atoms with van der Waals surface area (Å²) < 4.78 is 48.2. The zero-order chi connectivity index (χ0) is 22.3. The van der Waals surface area contributed by atoms with Gasteiger partial charge in [0.05, 0.1) is 6.10 Å². The van der Waals surface area contributed by atoms with Crippen LogP contribution in [-0.4, -0.2) is 24.1 Å². The van der Waals surface area contributed by atoms with Gasteiger partial charge in [-0.2, -0.15) is 0 Å². The molecule has 1 unspecified atom stereocenters. The number of fused-ring (bicyclic) bond motifs is 1. The minimum atomic E-state index is -2.50. The van der Waals surface area contributed by atoms with Crippen molar-refractivity contribution in [3.05, 3.63) is 29.1 Å². The molecule has 0 radical (unpaired) electrons. The van der Waals surface area contributed by atoms with Crippen molar-refractivity contribution in [1.29, 1.82) is 0 Å². The average Bonchev–Trinajstić information content (AvgIpc) is 2.64. The van der Waals surface area contributed by atoms with Crippen molar-refractivity contribution >= 4 is 5.97 Å². The summed E-state index contributed by atoms with van der Waals surface area (Å²) in [5, 5.41) is 0. The third-order valence-corrected chi connectivity index (χ3v) is 5.51. The van der Waals surface area contributed by atoms with E-state index in [0.29, 0.717) is 6.42 Å². The monoisotopic (exact) mass is 428 g/mol. The van der Waals surface area contributed by atoms with Crippen LogP contribution in [0.25, 0.3) is 0 Å². The summed E-state index contributed by atoms with van der Waals surface area (Å²) in [4.78, 5) is 12.2. The normalized spacial score (nSPS) is 23.7. The molecule has 1 atom stereocenters. The fourth-order valence-corrected chi connectivity index (χ4v) is 4.19. The van der Waals surface area contributed by atoms with E-state index in [4.69, 9.17) is 9.47 Å². The third-order valence-electron chi connectivity index (χ3n) is 5.51. The summed E-state index contributed by atoms with van der Waals surface area (Å²) in [7, 11) is 0. The molecule has 1 heterocycles. The molecule has 0 aromatic heterocycles. The molecule has 1 saturated carbocycles. The van der Waals surface area contributed by atoms with Gasteiger partial charge in [-0.05, 0) is 63.5 Å². The Labute approximate surface area is 178 Å². The Balaban J connectivity index is 0.000000575. The summed E-state index contributed by atoms with van der Waals surface area (Å²) in [6.07, 6.45) is 8.96. The quantitative estimate of drug-likeness (QED) is 0.453. The number of ether oxygens (including phenoxy) is 2. The van der Waals surface area contributed by atoms with Gasteiger partial charge in [-0.1, -0.05) is 39.2 Å². The minimum Gasteiger partial charge on any atom is -0.487 e. The molecule has 1 aliphatic carbocycles. The SMILES string of the molecule is CC(C)(F)F.CCCC1CCC(Oc2ccc3c(c2F)C(=O)OC(CCC)C3)CC1. The van der Waals surface area contributed by atoms with E-state index in [1.807, 2.05) is 6.07 Å². The van der Waals surface area contributed by atoms with Crippen LogP contribution in [0.15, 0.2) is 12.1 Å². The summed E-state index contributed by atoms with van der Waals surface area (Å²) in [6, 6.07) is 3.52. The molecule has 0 N–H and O–H groups in total. The number of esters is 1. The standard InChI is InChI=1S/C21H29FO3.C3H6F2/c1-3-5-14-7-10-16(11-8-14)24-18-12-9-15-13-17(6-4-2)25-21(23)19(15)20(18)22;1-3(2,4)5/h9,12,14,16-17H,3-8,10-11,13H2,1-2H3;1-2H3. The number of carbonyl (C=O) groups excluding carboxylic acids is 1. The second-order valence-corrected chi connectivity index (χ2v) is 8.81. The highest BCUT2D eigenvalue weighted by Crippen LogP contribution is 2.34. The first-order chi connectivity index (χ1) is 14.1. The first-order valence-electron chi connectivity index (χ1n) is 11.2. The number of carbonyl (C=O) groups is 1. The largest absolute Gasteiger partial charge is 0.487 e. The van der Waals surface area contributed by atoms with E-state index in [2.05, 4.69) is 13.8 Å². The number of halogens is 3. The van der Waals surface area contributed by atoms with Crippen LogP contribution in [0.1, 0.15) is 95.0 Å². The first-order valence-corrected chi connectivity index (χ1v) is 11.2. The zero-order valence-electron chi connectivity index (χ0n) is 18.6. The van der Waals surface area contributed by atoms with Crippen LogP contribution < -0.4 is 4.74 Å². The summed E-state index contributed by atoms with van der Waals surface area (Å²) >= 11 is 0. The molecule has 3 nitrogen and oxygen atoms in total. The molecule has 3 rings (SSSR count). The van der Waals surface area contributed by atoms with E-state index in [-0.39, 0.29) is 23.5 Å². The van der Waals surface area contributed by atoms with E-state index < -0.39 is 17.7 Å². The maximum Gasteiger partial charge on any atom is 0.341 e. The van der Waals surface area contributed by atoms with Crippen LogP contribution in [0.4, 0.5) is 13.2 Å². The number of cyclic esters (lactones) is 1. The van der Waals surface area contributed by atoms with E-state index in [0.717, 1.165) is 63.9 Å². The van der Waals surface area contributed by atoms with Crippen LogP contribution in [0.2, 0.25) is 0 Å². The highest BCUT2D eigenvalue weighted by Gasteiger charge is 2.31. The van der Waals surface area contributed by atoms with Gasteiger partial charge in [-0.3, -0.25) is 0 Å². The Morgan fingerprint density at radius 1 is 1.07 bits per heavy atom. The predicted octanol–water partition coefficient (Wildman–Crippen LogP) is 7.11. The molecular formula is C24H35F3O3. The number of rotatable bonds is 6. The average molecular weight is 429 g/mol. The predicted molar refractivity (Wildman–Crippen MR) is 112 cm³/mol. The minimum absolute atomic E-state index is 0.0492. The van der Waals surface area contributed by atoms with Gasteiger partial charge in [0.15, 0.2) is 11.6 Å². The lowest BCUT2D eigenvalue weighted by atomic mass is 9.84. The van der Waals surface area contributed by atoms with E-state index >= 15 is 0 Å². The lowest BCUT2D eigenvalue weighted by Crippen LogP contribution is -2.29. The van der Waals surface area contributed by atoms with Crippen LogP contribution in [-0.2, 0) is 11.2 Å². The molecule has 2 aliphatic rings. The van der Waals surface area contributed by atoms with Gasteiger partial charge in [0.1, 0.15) is 11.7 Å². The van der Waals surface area contributed by atoms with Crippen LogP contribution >= 0.6 is 0 Å². The van der Waals surface area contributed by atoms with E-state index in [9.17, 15) is 18.0 Å². The second kappa shape index (κ2) is 11.1. The Bertz CT molecular complexity index is 686. The first kappa shape index (κ1) is 24.5. The molecule has 1 fully saturated rings. The van der Waals surface area contributed by atoms with E-state index in [1.54, 1.807) is 6.07 Å². The molecule has 0 bridgehead atoms. The topological polar surface area (TPSA) is 35.5 Å². The highest BCUT2D eigenvalue weighted by atomic mass is 19.3. The van der Waals surface area contributed by atoms with Crippen molar-refractivity contribution in [2.75, 3.05) is 0 Å². The Kier molecular flexibility index (Phi) is 9.05. The molecule has 170 valence electrons. The fourth-order valence-electron chi connectivity index (χ4n) is 4.19. The van der Waals surface area contributed by atoms with Crippen LogP contribution in [0.3, 0.4) is 0 Å². The molecule has 1 aliphatic heterocycles. The number of hydrogen-bond donors (Lipinski definition) is 0. The van der Waals surface area contributed by atoms with Gasteiger partial charge in [0.25, 0.3) is 0 Å². The van der Waals surface area contributed by atoms with Crippen molar-refractivity contribution in [2.24, 2.45) is 5.92 Å². The van der Waals surface area contributed by atoms with Gasteiger partial charge in [0.2, 0.25) is 5.92 Å². The second-order valence-electron chi connectivity index (χ2n) is 8.81. The molecule has 30 heavy (non-hydrogen) atoms. The van der Waals surface area contributed by atoms with Crippen molar-refractivity contribution in [2.45, 2.75) is 104 Å². The van der Waals surface area contributed by atoms with Gasteiger partial charge in [0, 0.05) is 6.42 Å². The van der Waals surface area contributed by atoms with Crippen molar-refractivity contribution in [1.82, 2.24) is 0 Å². The summed E-state index contributed by atoms with van der Waals surface area (Å²) in [5.41, 5.74) is 0.815. The Hall–Kier alpha value is -1.72. The Morgan fingerprint density at radius 3 is 2.23 bits per heavy atom. The van der Waals surface area contributed by atoms with Crippen molar-refractivity contribution < 1.29 is 27.4 Å². The van der Waals surface area contributed by atoms with Crippen LogP contribution in [0, 0.1) is 11.7 Å². The maximum absolute atomic E-state index is 14.8. The number of benzene rings is 1. The molecule has 1 aromatic rings. The van der Waals surface area contributed by atoms with Crippen molar-refractivity contribution in [3.63, 3.8) is 0 Å². The Morgan fingerprint density at radius 2 is 1.67 bits per heavy atom. The number of alkyl halides is 2. The lowest BCUT2D eigenvalue weighted by molar-refractivity contribution is 0.0226. The van der Waals surface area contributed by atoms with Gasteiger partial charge >= 0.3 is 5.97 Å². The molecular weight excluding hydrogens is 393 g/mol. The lowest BCUT2D eigenvalue weighted by Gasteiger charge is -2.30. The summed E-state index contributed by atoms with van der Waals surface area (Å²) in [6.45, 7) is 5.98. The fraction of sp³-hybridized carbons (Fsp3) is 0.708. The number of hydrogen-bond acceptors (Lipinski definition) is 3. The molecule has 0 saturated heterocycles. The molecule has 0 amide bonds. The molecule has 0 spiro atoms. The van der Waals surface area contributed by atoms with Gasteiger partial charge < -0.3 is 9.47 Å². The van der Waals surface area contributed by atoms with Gasteiger partial charge in [-0.15, -0.1) is 0 Å². The van der Waals surface area contributed by atoms with Crippen molar-refractivity contribution in [3.8, 4) is 5.75 Å². The molecule has 6 heteroatoms. The smallest absolute Gasteiger partial charge is 0.341 e. The van der Waals surface area contributed by atoms with Crippen LogP contribution in [0.5, 0.6) is 5.75 Å².